The van der Waals surface area contributed by atoms with Gasteiger partial charge in [0.2, 0.25) is 5.91 Å². The second-order valence-electron chi connectivity index (χ2n) is 5.39. The number of rotatable bonds is 4. The summed E-state index contributed by atoms with van der Waals surface area (Å²) in [5, 5.41) is 9.23. The molecular formula is C13H21NO3. The molecule has 1 aliphatic carbocycles. The molecule has 1 N–H and O–H groups in total. The minimum absolute atomic E-state index is 0.0504. The SMILES string of the molecule is CCC1CCN(C(=O)CC2CC2)C(C(=O)O)C1. The zero-order chi connectivity index (χ0) is 12.4. The quantitative estimate of drug-likeness (QED) is 0.815. The van der Waals surface area contributed by atoms with Gasteiger partial charge >= 0.3 is 5.97 Å². The maximum atomic E-state index is 12.0. The lowest BCUT2D eigenvalue weighted by Crippen LogP contribution is -2.50. The lowest BCUT2D eigenvalue weighted by Gasteiger charge is -2.37. The third-order valence-corrected chi connectivity index (χ3v) is 4.05. The van der Waals surface area contributed by atoms with Gasteiger partial charge in [0.15, 0.2) is 0 Å². The van der Waals surface area contributed by atoms with Gasteiger partial charge in [-0.25, -0.2) is 4.79 Å². The van der Waals surface area contributed by atoms with Crippen molar-refractivity contribution in [2.45, 2.75) is 51.5 Å². The van der Waals surface area contributed by atoms with Crippen LogP contribution in [0.2, 0.25) is 0 Å². The molecule has 4 heteroatoms. The molecule has 2 fully saturated rings. The van der Waals surface area contributed by atoms with Crippen LogP contribution >= 0.6 is 0 Å². The maximum Gasteiger partial charge on any atom is 0.326 e. The van der Waals surface area contributed by atoms with Crippen molar-refractivity contribution >= 4 is 11.9 Å². The van der Waals surface area contributed by atoms with Gasteiger partial charge in [-0.05, 0) is 37.5 Å². The summed E-state index contributed by atoms with van der Waals surface area (Å²) in [5.41, 5.74) is 0. The van der Waals surface area contributed by atoms with Crippen molar-refractivity contribution in [2.24, 2.45) is 11.8 Å². The van der Waals surface area contributed by atoms with Crippen LogP contribution in [0, 0.1) is 11.8 Å². The van der Waals surface area contributed by atoms with E-state index in [4.69, 9.17) is 0 Å². The van der Waals surface area contributed by atoms with Gasteiger partial charge in [0.1, 0.15) is 6.04 Å². The molecule has 0 radical (unpaired) electrons. The van der Waals surface area contributed by atoms with Gasteiger partial charge in [-0.15, -0.1) is 0 Å². The summed E-state index contributed by atoms with van der Waals surface area (Å²) in [6, 6.07) is -0.583. The van der Waals surface area contributed by atoms with Crippen molar-refractivity contribution in [3.8, 4) is 0 Å². The number of hydrogen-bond donors (Lipinski definition) is 1. The summed E-state index contributed by atoms with van der Waals surface area (Å²) in [6.45, 7) is 2.71. The average molecular weight is 239 g/mol. The minimum Gasteiger partial charge on any atom is -0.480 e. The van der Waals surface area contributed by atoms with E-state index in [0.717, 1.165) is 25.7 Å². The number of amides is 1. The van der Waals surface area contributed by atoms with Gasteiger partial charge in [-0.3, -0.25) is 4.79 Å². The van der Waals surface area contributed by atoms with E-state index in [1.165, 1.54) is 0 Å². The Balaban J connectivity index is 1.98. The summed E-state index contributed by atoms with van der Waals surface area (Å²) >= 11 is 0. The van der Waals surface area contributed by atoms with Crippen LogP contribution < -0.4 is 0 Å². The summed E-state index contributed by atoms with van der Waals surface area (Å²) in [7, 11) is 0. The number of carboxylic acid groups (broad SMARTS) is 1. The molecule has 1 amide bonds. The van der Waals surface area contributed by atoms with E-state index in [0.29, 0.717) is 31.2 Å². The number of likely N-dealkylation sites (tertiary alicyclic amines) is 1. The van der Waals surface area contributed by atoms with Crippen LogP contribution in [-0.4, -0.2) is 34.5 Å². The van der Waals surface area contributed by atoms with Crippen molar-refractivity contribution in [1.82, 2.24) is 4.90 Å². The topological polar surface area (TPSA) is 57.6 Å². The molecule has 1 saturated carbocycles. The number of carbonyl (C=O) groups excluding carboxylic acids is 1. The fourth-order valence-corrected chi connectivity index (χ4v) is 2.63. The molecule has 17 heavy (non-hydrogen) atoms. The number of piperidine rings is 1. The highest BCUT2D eigenvalue weighted by Gasteiger charge is 2.37. The first kappa shape index (κ1) is 12.4. The molecule has 1 heterocycles. The predicted octanol–water partition coefficient (Wildman–Crippen LogP) is 1.89. The summed E-state index contributed by atoms with van der Waals surface area (Å²) in [5.74, 6) is 0.198. The third kappa shape index (κ3) is 2.99. The van der Waals surface area contributed by atoms with Crippen molar-refractivity contribution in [3.05, 3.63) is 0 Å². The first-order chi connectivity index (χ1) is 8.11. The van der Waals surface area contributed by atoms with E-state index in [-0.39, 0.29) is 5.91 Å². The van der Waals surface area contributed by atoms with Gasteiger partial charge < -0.3 is 10.0 Å². The highest BCUT2D eigenvalue weighted by atomic mass is 16.4. The van der Waals surface area contributed by atoms with Crippen LogP contribution in [-0.2, 0) is 9.59 Å². The molecular weight excluding hydrogens is 218 g/mol. The molecule has 0 aromatic heterocycles. The minimum atomic E-state index is -0.840. The number of nitrogens with zero attached hydrogens (tertiary/aromatic N) is 1. The van der Waals surface area contributed by atoms with Crippen molar-refractivity contribution in [3.63, 3.8) is 0 Å². The van der Waals surface area contributed by atoms with Gasteiger partial charge in [-0.2, -0.15) is 0 Å². The molecule has 2 aliphatic rings. The molecule has 2 rings (SSSR count). The maximum absolute atomic E-state index is 12.0. The Labute approximate surface area is 102 Å². The predicted molar refractivity (Wildman–Crippen MR) is 63.5 cm³/mol. The first-order valence-electron chi connectivity index (χ1n) is 6.64. The lowest BCUT2D eigenvalue weighted by molar-refractivity contribution is -0.153. The number of carboxylic acids is 1. The highest BCUT2D eigenvalue weighted by molar-refractivity contribution is 5.84. The molecule has 1 aliphatic heterocycles. The van der Waals surface area contributed by atoms with E-state index in [1.54, 1.807) is 4.90 Å². The molecule has 2 atom stereocenters. The third-order valence-electron chi connectivity index (χ3n) is 4.05. The monoisotopic (exact) mass is 239 g/mol. The van der Waals surface area contributed by atoms with Crippen LogP contribution in [0.1, 0.15) is 45.4 Å². The molecule has 0 aromatic rings. The Hall–Kier alpha value is -1.06. The largest absolute Gasteiger partial charge is 0.480 e. The van der Waals surface area contributed by atoms with Crippen molar-refractivity contribution < 1.29 is 14.7 Å². The van der Waals surface area contributed by atoms with E-state index in [9.17, 15) is 14.7 Å². The standard InChI is InChI=1S/C13H21NO3/c1-2-9-5-6-14(11(7-9)13(16)17)12(15)8-10-3-4-10/h9-11H,2-8H2,1H3,(H,16,17). The first-order valence-corrected chi connectivity index (χ1v) is 6.64. The van der Waals surface area contributed by atoms with Crippen LogP contribution in [0.3, 0.4) is 0 Å². The lowest BCUT2D eigenvalue weighted by atomic mass is 9.88. The Kier molecular flexibility index (Phi) is 3.69. The Bertz CT molecular complexity index is 312. The molecule has 0 aromatic carbocycles. The molecule has 0 spiro atoms. The highest BCUT2D eigenvalue weighted by Crippen LogP contribution is 2.34. The van der Waals surface area contributed by atoms with E-state index < -0.39 is 12.0 Å². The van der Waals surface area contributed by atoms with Crippen LogP contribution in [0.15, 0.2) is 0 Å². The van der Waals surface area contributed by atoms with Crippen LogP contribution in [0.5, 0.6) is 0 Å². The van der Waals surface area contributed by atoms with Gasteiger partial charge in [-0.1, -0.05) is 13.3 Å². The number of aliphatic carboxylic acids is 1. The second-order valence-corrected chi connectivity index (χ2v) is 5.39. The average Bonchev–Trinajstić information content (AvgIpc) is 3.12. The summed E-state index contributed by atoms with van der Waals surface area (Å²) in [6.07, 6.45) is 5.41. The second kappa shape index (κ2) is 5.07. The van der Waals surface area contributed by atoms with E-state index in [2.05, 4.69) is 6.92 Å². The fourth-order valence-electron chi connectivity index (χ4n) is 2.63. The zero-order valence-corrected chi connectivity index (χ0v) is 10.4. The van der Waals surface area contributed by atoms with Gasteiger partial charge in [0.05, 0.1) is 0 Å². The molecule has 4 nitrogen and oxygen atoms in total. The van der Waals surface area contributed by atoms with E-state index in [1.807, 2.05) is 0 Å². The zero-order valence-electron chi connectivity index (χ0n) is 10.4. The smallest absolute Gasteiger partial charge is 0.326 e. The summed E-state index contributed by atoms with van der Waals surface area (Å²) in [4.78, 5) is 24.9. The Morgan fingerprint density at radius 1 is 1.24 bits per heavy atom. The van der Waals surface area contributed by atoms with Crippen LogP contribution in [0.25, 0.3) is 0 Å². The molecule has 2 unspecified atom stereocenters. The molecule has 1 saturated heterocycles. The fraction of sp³-hybridized carbons (Fsp3) is 0.846. The van der Waals surface area contributed by atoms with Crippen molar-refractivity contribution in [1.29, 1.82) is 0 Å². The van der Waals surface area contributed by atoms with Crippen LogP contribution in [0.4, 0.5) is 0 Å². The Morgan fingerprint density at radius 3 is 2.47 bits per heavy atom. The van der Waals surface area contributed by atoms with Gasteiger partial charge in [0, 0.05) is 13.0 Å². The number of carbonyl (C=O) groups is 2. The summed E-state index contributed by atoms with van der Waals surface area (Å²) < 4.78 is 0. The van der Waals surface area contributed by atoms with Gasteiger partial charge in [0.25, 0.3) is 0 Å². The number of hydrogen-bond acceptors (Lipinski definition) is 2. The normalized spacial score (nSPS) is 29.1. The Morgan fingerprint density at radius 2 is 1.94 bits per heavy atom. The van der Waals surface area contributed by atoms with Crippen molar-refractivity contribution in [2.75, 3.05) is 6.54 Å². The van der Waals surface area contributed by atoms with E-state index >= 15 is 0 Å². The molecule has 96 valence electrons. The molecule has 0 bridgehead atoms.